The maximum atomic E-state index is 10.2. The Morgan fingerprint density at radius 3 is 2.00 bits per heavy atom. The highest BCUT2D eigenvalue weighted by molar-refractivity contribution is 5.64. The van der Waals surface area contributed by atoms with Gasteiger partial charge in [-0.05, 0) is 12.3 Å². The fourth-order valence-corrected chi connectivity index (χ4v) is 1.76. The maximum absolute atomic E-state index is 10.2. The zero-order valence-electron chi connectivity index (χ0n) is 10.8. The standard InChI is InChI=1S/C13H27NO2/c1-12(2)10-8-6-4-3-5-7-9-11-14-13(15)16/h12,14H,3-11H2,1-2H3,(H,15,16). The Balaban J connectivity index is 2.96. The van der Waals surface area contributed by atoms with Crippen LogP contribution in [0.1, 0.15) is 65.2 Å². The van der Waals surface area contributed by atoms with E-state index in [1.54, 1.807) is 0 Å². The van der Waals surface area contributed by atoms with Gasteiger partial charge in [0.1, 0.15) is 0 Å². The van der Waals surface area contributed by atoms with E-state index in [9.17, 15) is 4.79 Å². The lowest BCUT2D eigenvalue weighted by Gasteiger charge is -2.04. The first-order valence-electron chi connectivity index (χ1n) is 6.59. The molecule has 1 amide bonds. The smallest absolute Gasteiger partial charge is 0.404 e. The van der Waals surface area contributed by atoms with Crippen LogP contribution in [0.5, 0.6) is 0 Å². The van der Waals surface area contributed by atoms with Crippen molar-refractivity contribution in [2.75, 3.05) is 6.54 Å². The van der Waals surface area contributed by atoms with Gasteiger partial charge in [-0.2, -0.15) is 0 Å². The van der Waals surface area contributed by atoms with Gasteiger partial charge in [0.2, 0.25) is 0 Å². The summed E-state index contributed by atoms with van der Waals surface area (Å²) in [6.07, 6.45) is 9.14. The molecule has 3 nitrogen and oxygen atoms in total. The third-order valence-electron chi connectivity index (χ3n) is 2.73. The summed E-state index contributed by atoms with van der Waals surface area (Å²) in [6, 6.07) is 0. The first-order chi connectivity index (χ1) is 7.63. The van der Waals surface area contributed by atoms with Gasteiger partial charge in [-0.3, -0.25) is 0 Å². The van der Waals surface area contributed by atoms with Crippen LogP contribution in [-0.4, -0.2) is 17.7 Å². The van der Waals surface area contributed by atoms with Crippen molar-refractivity contribution < 1.29 is 9.90 Å². The Hall–Kier alpha value is -0.730. The molecule has 3 heteroatoms. The van der Waals surface area contributed by atoms with Gasteiger partial charge in [-0.25, -0.2) is 4.79 Å². The minimum absolute atomic E-state index is 0.600. The van der Waals surface area contributed by atoms with Crippen molar-refractivity contribution >= 4 is 6.09 Å². The number of nitrogens with one attached hydrogen (secondary N) is 1. The molecule has 0 unspecified atom stereocenters. The van der Waals surface area contributed by atoms with Crippen molar-refractivity contribution in [2.24, 2.45) is 5.92 Å². The number of hydrogen-bond donors (Lipinski definition) is 2. The lowest BCUT2D eigenvalue weighted by atomic mass is 10.0. The van der Waals surface area contributed by atoms with Crippen LogP contribution < -0.4 is 5.32 Å². The van der Waals surface area contributed by atoms with Gasteiger partial charge in [0.05, 0.1) is 0 Å². The molecule has 2 N–H and O–H groups in total. The van der Waals surface area contributed by atoms with Gasteiger partial charge in [0.15, 0.2) is 0 Å². The van der Waals surface area contributed by atoms with Gasteiger partial charge in [0, 0.05) is 6.54 Å². The molecule has 16 heavy (non-hydrogen) atoms. The minimum Gasteiger partial charge on any atom is -0.465 e. The summed E-state index contributed by atoms with van der Waals surface area (Å²) in [7, 11) is 0. The number of rotatable bonds is 10. The first-order valence-corrected chi connectivity index (χ1v) is 6.59. The topological polar surface area (TPSA) is 49.3 Å². The summed E-state index contributed by atoms with van der Waals surface area (Å²) < 4.78 is 0. The van der Waals surface area contributed by atoms with Crippen molar-refractivity contribution in [3.63, 3.8) is 0 Å². The Morgan fingerprint density at radius 1 is 1.00 bits per heavy atom. The fourth-order valence-electron chi connectivity index (χ4n) is 1.76. The number of hydrogen-bond acceptors (Lipinski definition) is 1. The van der Waals surface area contributed by atoms with Crippen LogP contribution >= 0.6 is 0 Å². The van der Waals surface area contributed by atoms with Gasteiger partial charge in [0.25, 0.3) is 0 Å². The zero-order chi connectivity index (χ0) is 12.2. The molecule has 0 aliphatic carbocycles. The Kier molecular flexibility index (Phi) is 10.3. The molecule has 0 aromatic heterocycles. The molecule has 0 saturated carbocycles. The van der Waals surface area contributed by atoms with E-state index >= 15 is 0 Å². The average molecular weight is 229 g/mol. The molecule has 0 bridgehead atoms. The second-order valence-electron chi connectivity index (χ2n) is 4.89. The van der Waals surface area contributed by atoms with Crippen molar-refractivity contribution in [1.82, 2.24) is 5.32 Å². The highest BCUT2D eigenvalue weighted by atomic mass is 16.4. The highest BCUT2D eigenvalue weighted by Gasteiger charge is 1.96. The van der Waals surface area contributed by atoms with Crippen LogP contribution in [0.2, 0.25) is 0 Å². The van der Waals surface area contributed by atoms with Crippen LogP contribution in [0.3, 0.4) is 0 Å². The normalized spacial score (nSPS) is 10.7. The summed E-state index contributed by atoms with van der Waals surface area (Å²) in [6.45, 7) is 5.15. The van der Waals surface area contributed by atoms with Crippen molar-refractivity contribution in [2.45, 2.75) is 65.2 Å². The van der Waals surface area contributed by atoms with Crippen molar-refractivity contribution in [3.8, 4) is 0 Å². The summed E-state index contributed by atoms with van der Waals surface area (Å²) in [5, 5.41) is 10.7. The second-order valence-corrected chi connectivity index (χ2v) is 4.89. The quantitative estimate of drug-likeness (QED) is 0.556. The molecule has 0 aliphatic rings. The SMILES string of the molecule is CC(C)CCCCCCCCCNC(=O)O. The summed E-state index contributed by atoms with van der Waals surface area (Å²) in [4.78, 5) is 10.2. The summed E-state index contributed by atoms with van der Waals surface area (Å²) in [5.74, 6) is 0.835. The molecule has 0 radical (unpaired) electrons. The molecular weight excluding hydrogens is 202 g/mol. The van der Waals surface area contributed by atoms with Crippen LogP contribution in [0.15, 0.2) is 0 Å². The monoisotopic (exact) mass is 229 g/mol. The van der Waals surface area contributed by atoms with E-state index in [0.717, 1.165) is 18.8 Å². The lowest BCUT2D eigenvalue weighted by molar-refractivity contribution is 0.194. The predicted molar refractivity (Wildman–Crippen MR) is 67.8 cm³/mol. The van der Waals surface area contributed by atoms with Crippen LogP contribution in [-0.2, 0) is 0 Å². The third-order valence-corrected chi connectivity index (χ3v) is 2.73. The minimum atomic E-state index is -0.909. The fraction of sp³-hybridized carbons (Fsp3) is 0.923. The molecule has 0 heterocycles. The molecule has 0 aliphatic heterocycles. The Labute approximate surface area is 99.6 Å². The number of amides is 1. The van der Waals surface area contributed by atoms with Crippen molar-refractivity contribution in [3.05, 3.63) is 0 Å². The maximum Gasteiger partial charge on any atom is 0.404 e. The molecule has 0 saturated heterocycles. The molecule has 0 aromatic carbocycles. The second kappa shape index (κ2) is 10.8. The summed E-state index contributed by atoms with van der Waals surface area (Å²) in [5.41, 5.74) is 0. The lowest BCUT2D eigenvalue weighted by Crippen LogP contribution is -2.21. The molecule has 96 valence electrons. The Bertz CT molecular complexity index is 169. The molecule has 0 spiro atoms. The number of carboxylic acid groups (broad SMARTS) is 1. The largest absolute Gasteiger partial charge is 0.465 e. The van der Waals surface area contributed by atoms with E-state index < -0.39 is 6.09 Å². The van der Waals surface area contributed by atoms with E-state index in [2.05, 4.69) is 19.2 Å². The van der Waals surface area contributed by atoms with E-state index in [1.807, 2.05) is 0 Å². The molecular formula is C13H27NO2. The van der Waals surface area contributed by atoms with E-state index in [4.69, 9.17) is 5.11 Å². The van der Waals surface area contributed by atoms with Crippen molar-refractivity contribution in [1.29, 1.82) is 0 Å². The molecule has 0 rings (SSSR count). The van der Waals surface area contributed by atoms with Crippen LogP contribution in [0.25, 0.3) is 0 Å². The van der Waals surface area contributed by atoms with Gasteiger partial charge >= 0.3 is 6.09 Å². The number of carbonyl (C=O) groups is 1. The molecule has 0 fully saturated rings. The Morgan fingerprint density at radius 2 is 1.50 bits per heavy atom. The zero-order valence-corrected chi connectivity index (χ0v) is 10.8. The third kappa shape index (κ3) is 13.3. The van der Waals surface area contributed by atoms with E-state index in [0.29, 0.717) is 6.54 Å². The van der Waals surface area contributed by atoms with Gasteiger partial charge in [-0.15, -0.1) is 0 Å². The van der Waals surface area contributed by atoms with Gasteiger partial charge < -0.3 is 10.4 Å². The average Bonchev–Trinajstić information content (AvgIpc) is 2.20. The summed E-state index contributed by atoms with van der Waals surface area (Å²) >= 11 is 0. The van der Waals surface area contributed by atoms with Gasteiger partial charge in [-0.1, -0.05) is 58.8 Å². The van der Waals surface area contributed by atoms with Crippen LogP contribution in [0.4, 0.5) is 4.79 Å². The molecule has 0 aromatic rings. The molecule has 0 atom stereocenters. The van der Waals surface area contributed by atoms with E-state index in [-0.39, 0.29) is 0 Å². The van der Waals surface area contributed by atoms with Crippen LogP contribution in [0, 0.1) is 5.92 Å². The first kappa shape index (κ1) is 15.3. The van der Waals surface area contributed by atoms with E-state index in [1.165, 1.54) is 38.5 Å². The highest BCUT2D eigenvalue weighted by Crippen LogP contribution is 2.11. The predicted octanol–water partition coefficient (Wildman–Crippen LogP) is 4.03. The number of unbranched alkanes of at least 4 members (excludes halogenated alkanes) is 6.